The molecule has 0 bridgehead atoms. The van der Waals surface area contributed by atoms with Gasteiger partial charge >= 0.3 is 5.97 Å². The molecule has 3 heteroatoms. The van der Waals surface area contributed by atoms with E-state index in [2.05, 4.69) is 18.7 Å². The molecule has 76 valence electrons. The SMILES string of the molecule is CCC(C)CN1CCC[C@H]1C(=O)O. The summed E-state index contributed by atoms with van der Waals surface area (Å²) in [7, 11) is 0. The largest absolute Gasteiger partial charge is 0.480 e. The van der Waals surface area contributed by atoms with Crippen LogP contribution in [0.5, 0.6) is 0 Å². The van der Waals surface area contributed by atoms with Crippen molar-refractivity contribution < 1.29 is 9.90 Å². The number of carboxylic acids is 1. The molecule has 0 aromatic heterocycles. The number of nitrogens with zero attached hydrogens (tertiary/aromatic N) is 1. The fourth-order valence-corrected chi connectivity index (χ4v) is 1.85. The summed E-state index contributed by atoms with van der Waals surface area (Å²) in [6.07, 6.45) is 2.99. The third kappa shape index (κ3) is 2.69. The number of carbonyl (C=O) groups is 1. The van der Waals surface area contributed by atoms with E-state index in [4.69, 9.17) is 5.11 Å². The molecule has 0 aromatic carbocycles. The summed E-state index contributed by atoms with van der Waals surface area (Å²) < 4.78 is 0. The number of likely N-dealkylation sites (tertiary alicyclic amines) is 1. The number of rotatable bonds is 4. The van der Waals surface area contributed by atoms with Crippen molar-refractivity contribution in [2.45, 2.75) is 39.2 Å². The van der Waals surface area contributed by atoms with Crippen LogP contribution >= 0.6 is 0 Å². The molecule has 0 aromatic rings. The van der Waals surface area contributed by atoms with Gasteiger partial charge < -0.3 is 5.11 Å². The molecule has 13 heavy (non-hydrogen) atoms. The second kappa shape index (κ2) is 4.61. The van der Waals surface area contributed by atoms with Gasteiger partial charge in [-0.15, -0.1) is 0 Å². The molecule has 1 heterocycles. The molecule has 0 aliphatic carbocycles. The summed E-state index contributed by atoms with van der Waals surface area (Å²) >= 11 is 0. The second-order valence-electron chi connectivity index (χ2n) is 4.00. The molecule has 1 saturated heterocycles. The second-order valence-corrected chi connectivity index (χ2v) is 4.00. The van der Waals surface area contributed by atoms with Crippen LogP contribution in [0.3, 0.4) is 0 Å². The third-order valence-electron chi connectivity index (χ3n) is 2.89. The number of hydrogen-bond acceptors (Lipinski definition) is 2. The lowest BCUT2D eigenvalue weighted by atomic mass is 10.1. The van der Waals surface area contributed by atoms with Crippen molar-refractivity contribution >= 4 is 5.97 Å². The summed E-state index contributed by atoms with van der Waals surface area (Å²) in [6, 6.07) is -0.214. The molecular weight excluding hydrogens is 166 g/mol. The van der Waals surface area contributed by atoms with Crippen LogP contribution in [0.1, 0.15) is 33.1 Å². The Kier molecular flexibility index (Phi) is 3.72. The van der Waals surface area contributed by atoms with Crippen LogP contribution in [0.25, 0.3) is 0 Å². The zero-order valence-corrected chi connectivity index (χ0v) is 8.49. The first-order chi connectivity index (χ1) is 6.15. The average Bonchev–Trinajstić information content (AvgIpc) is 2.52. The highest BCUT2D eigenvalue weighted by atomic mass is 16.4. The van der Waals surface area contributed by atoms with E-state index < -0.39 is 5.97 Å². The first kappa shape index (κ1) is 10.5. The van der Waals surface area contributed by atoms with Gasteiger partial charge in [-0.25, -0.2) is 0 Å². The first-order valence-corrected chi connectivity index (χ1v) is 5.12. The fraction of sp³-hybridized carbons (Fsp3) is 0.900. The summed E-state index contributed by atoms with van der Waals surface area (Å²) in [5, 5.41) is 8.93. The Bertz CT molecular complexity index is 182. The summed E-state index contributed by atoms with van der Waals surface area (Å²) in [4.78, 5) is 12.9. The minimum Gasteiger partial charge on any atom is -0.480 e. The average molecular weight is 185 g/mol. The van der Waals surface area contributed by atoms with Gasteiger partial charge in [-0.2, -0.15) is 0 Å². The van der Waals surface area contributed by atoms with Crippen LogP contribution in [0, 0.1) is 5.92 Å². The van der Waals surface area contributed by atoms with Gasteiger partial charge in [0.2, 0.25) is 0 Å². The maximum absolute atomic E-state index is 10.8. The monoisotopic (exact) mass is 185 g/mol. The molecule has 1 unspecified atom stereocenters. The number of carboxylic acid groups (broad SMARTS) is 1. The number of aliphatic carboxylic acids is 1. The van der Waals surface area contributed by atoms with Gasteiger partial charge in [-0.05, 0) is 25.3 Å². The van der Waals surface area contributed by atoms with Crippen LogP contribution in [0.2, 0.25) is 0 Å². The highest BCUT2D eigenvalue weighted by Crippen LogP contribution is 2.19. The lowest BCUT2D eigenvalue weighted by molar-refractivity contribution is -0.142. The molecule has 0 radical (unpaired) electrons. The molecule has 2 atom stereocenters. The minimum absolute atomic E-state index is 0.214. The molecule has 1 aliphatic rings. The quantitative estimate of drug-likeness (QED) is 0.723. The molecule has 1 N–H and O–H groups in total. The lowest BCUT2D eigenvalue weighted by Crippen LogP contribution is -2.38. The molecule has 1 rings (SSSR count). The Morgan fingerprint density at radius 1 is 1.69 bits per heavy atom. The standard InChI is InChI=1S/C10H19NO2/c1-3-8(2)7-11-6-4-5-9(11)10(12)13/h8-9H,3-7H2,1-2H3,(H,12,13)/t8?,9-/m0/s1. The Morgan fingerprint density at radius 3 is 2.92 bits per heavy atom. The van der Waals surface area contributed by atoms with Gasteiger partial charge in [0.25, 0.3) is 0 Å². The molecule has 0 saturated carbocycles. The Morgan fingerprint density at radius 2 is 2.38 bits per heavy atom. The molecule has 0 spiro atoms. The topological polar surface area (TPSA) is 40.5 Å². The summed E-state index contributed by atoms with van der Waals surface area (Å²) in [5.74, 6) is -0.0410. The molecule has 3 nitrogen and oxygen atoms in total. The van der Waals surface area contributed by atoms with Crippen LogP contribution in [0.4, 0.5) is 0 Å². The normalized spacial score (nSPS) is 26.2. The summed E-state index contributed by atoms with van der Waals surface area (Å²) in [6.45, 7) is 6.22. The van der Waals surface area contributed by atoms with Crippen molar-refractivity contribution in [1.29, 1.82) is 0 Å². The minimum atomic E-state index is -0.652. The van der Waals surface area contributed by atoms with E-state index in [0.717, 1.165) is 32.4 Å². The van der Waals surface area contributed by atoms with E-state index in [9.17, 15) is 4.79 Å². The van der Waals surface area contributed by atoms with Gasteiger partial charge in [0.15, 0.2) is 0 Å². The summed E-state index contributed by atoms with van der Waals surface area (Å²) in [5.41, 5.74) is 0. The van der Waals surface area contributed by atoms with E-state index in [-0.39, 0.29) is 6.04 Å². The predicted molar refractivity (Wildman–Crippen MR) is 51.7 cm³/mol. The van der Waals surface area contributed by atoms with Crippen molar-refractivity contribution in [2.24, 2.45) is 5.92 Å². The van der Waals surface area contributed by atoms with Crippen molar-refractivity contribution in [3.05, 3.63) is 0 Å². The maximum Gasteiger partial charge on any atom is 0.320 e. The highest BCUT2D eigenvalue weighted by Gasteiger charge is 2.30. The van der Waals surface area contributed by atoms with Crippen LogP contribution in [-0.4, -0.2) is 35.1 Å². The van der Waals surface area contributed by atoms with E-state index in [0.29, 0.717) is 5.92 Å². The van der Waals surface area contributed by atoms with Crippen LogP contribution in [0.15, 0.2) is 0 Å². The highest BCUT2D eigenvalue weighted by molar-refractivity contribution is 5.73. The van der Waals surface area contributed by atoms with Gasteiger partial charge in [0.1, 0.15) is 6.04 Å². The van der Waals surface area contributed by atoms with E-state index >= 15 is 0 Å². The first-order valence-electron chi connectivity index (χ1n) is 5.12. The maximum atomic E-state index is 10.8. The zero-order chi connectivity index (χ0) is 9.84. The van der Waals surface area contributed by atoms with Crippen LogP contribution in [-0.2, 0) is 4.79 Å². The lowest BCUT2D eigenvalue weighted by Gasteiger charge is -2.23. The Labute approximate surface area is 79.7 Å². The number of hydrogen-bond donors (Lipinski definition) is 1. The van der Waals surface area contributed by atoms with Gasteiger partial charge in [0.05, 0.1) is 0 Å². The van der Waals surface area contributed by atoms with Crippen molar-refractivity contribution in [3.63, 3.8) is 0 Å². The predicted octanol–water partition coefficient (Wildman–Crippen LogP) is 1.58. The Hall–Kier alpha value is -0.570. The van der Waals surface area contributed by atoms with Crippen molar-refractivity contribution in [2.75, 3.05) is 13.1 Å². The molecule has 1 fully saturated rings. The Balaban J connectivity index is 2.44. The molecule has 1 aliphatic heterocycles. The van der Waals surface area contributed by atoms with Gasteiger partial charge in [0, 0.05) is 6.54 Å². The van der Waals surface area contributed by atoms with Gasteiger partial charge in [-0.3, -0.25) is 9.69 Å². The van der Waals surface area contributed by atoms with Crippen molar-refractivity contribution in [1.82, 2.24) is 4.90 Å². The van der Waals surface area contributed by atoms with Gasteiger partial charge in [-0.1, -0.05) is 20.3 Å². The van der Waals surface area contributed by atoms with E-state index in [1.54, 1.807) is 0 Å². The molecule has 0 amide bonds. The van der Waals surface area contributed by atoms with E-state index in [1.165, 1.54) is 0 Å². The van der Waals surface area contributed by atoms with Crippen molar-refractivity contribution in [3.8, 4) is 0 Å². The molecular formula is C10H19NO2. The smallest absolute Gasteiger partial charge is 0.320 e. The zero-order valence-electron chi connectivity index (χ0n) is 8.49. The van der Waals surface area contributed by atoms with E-state index in [1.807, 2.05) is 0 Å². The third-order valence-corrected chi connectivity index (χ3v) is 2.89. The van der Waals surface area contributed by atoms with Crippen LogP contribution < -0.4 is 0 Å². The fourth-order valence-electron chi connectivity index (χ4n) is 1.85.